The highest BCUT2D eigenvalue weighted by Gasteiger charge is 2.10. The van der Waals surface area contributed by atoms with E-state index in [-0.39, 0.29) is 12.0 Å². The smallest absolute Gasteiger partial charge is 0.256 e. The number of benzene rings is 1. The minimum absolute atomic E-state index is 0.156. The molecule has 18 heavy (non-hydrogen) atoms. The molecule has 2 aromatic rings. The number of hydrogen-bond acceptors (Lipinski definition) is 2. The first-order chi connectivity index (χ1) is 8.61. The van der Waals surface area contributed by atoms with Gasteiger partial charge in [-0.15, -0.1) is 0 Å². The van der Waals surface area contributed by atoms with E-state index in [1.165, 1.54) is 6.20 Å². The van der Waals surface area contributed by atoms with Crippen LogP contribution in [-0.2, 0) is 6.42 Å². The van der Waals surface area contributed by atoms with E-state index >= 15 is 0 Å². The molecule has 0 atom stereocenters. The molecule has 2 rings (SSSR count). The summed E-state index contributed by atoms with van der Waals surface area (Å²) in [5, 5.41) is 9.67. The van der Waals surface area contributed by atoms with E-state index in [1.807, 2.05) is 6.07 Å². The summed E-state index contributed by atoms with van der Waals surface area (Å²) in [4.78, 5) is 14.5. The Labute approximate surface area is 114 Å². The van der Waals surface area contributed by atoms with Gasteiger partial charge in [0.2, 0.25) is 0 Å². The van der Waals surface area contributed by atoms with Gasteiger partial charge in [0.25, 0.3) is 5.56 Å². The van der Waals surface area contributed by atoms with E-state index < -0.39 is 0 Å². The molecule has 0 fully saturated rings. The molecule has 0 amide bonds. The van der Waals surface area contributed by atoms with Crippen LogP contribution < -0.4 is 5.56 Å². The molecular formula is C13H8Cl2N2O. The molecule has 0 saturated carbocycles. The van der Waals surface area contributed by atoms with Crippen molar-refractivity contribution in [1.29, 1.82) is 5.26 Å². The highest BCUT2D eigenvalue weighted by atomic mass is 35.5. The summed E-state index contributed by atoms with van der Waals surface area (Å²) in [5.74, 6) is 0. The number of nitrogens with one attached hydrogen (secondary N) is 1. The maximum absolute atomic E-state index is 11.9. The van der Waals surface area contributed by atoms with Crippen LogP contribution in [0.3, 0.4) is 0 Å². The summed E-state index contributed by atoms with van der Waals surface area (Å²) in [7, 11) is 0. The normalized spacial score (nSPS) is 10.1. The van der Waals surface area contributed by atoms with Crippen LogP contribution in [0.15, 0.2) is 35.3 Å². The zero-order valence-corrected chi connectivity index (χ0v) is 10.7. The molecule has 0 unspecified atom stereocenters. The highest BCUT2D eigenvalue weighted by Crippen LogP contribution is 2.27. The van der Waals surface area contributed by atoms with Crippen molar-refractivity contribution < 1.29 is 0 Å². The van der Waals surface area contributed by atoms with Gasteiger partial charge in [-0.25, -0.2) is 0 Å². The van der Waals surface area contributed by atoms with Gasteiger partial charge in [-0.1, -0.05) is 23.2 Å². The molecule has 0 radical (unpaired) electrons. The molecule has 90 valence electrons. The first kappa shape index (κ1) is 12.7. The topological polar surface area (TPSA) is 56.6 Å². The fourth-order valence-corrected chi connectivity index (χ4v) is 2.29. The van der Waals surface area contributed by atoms with Crippen molar-refractivity contribution in [3.8, 4) is 17.2 Å². The predicted molar refractivity (Wildman–Crippen MR) is 71.8 cm³/mol. The summed E-state index contributed by atoms with van der Waals surface area (Å²) in [6, 6.07) is 8.63. The summed E-state index contributed by atoms with van der Waals surface area (Å²) in [6.45, 7) is 0. The summed E-state index contributed by atoms with van der Waals surface area (Å²) < 4.78 is 0. The van der Waals surface area contributed by atoms with Crippen molar-refractivity contribution >= 4 is 23.2 Å². The molecule has 0 bridgehead atoms. The monoisotopic (exact) mass is 278 g/mol. The number of aromatic amines is 1. The Balaban J connectivity index is 2.70. The van der Waals surface area contributed by atoms with Crippen molar-refractivity contribution in [2.24, 2.45) is 0 Å². The van der Waals surface area contributed by atoms with Crippen molar-refractivity contribution in [1.82, 2.24) is 4.98 Å². The van der Waals surface area contributed by atoms with Crippen LogP contribution >= 0.6 is 23.2 Å². The Kier molecular flexibility index (Phi) is 3.71. The third-order valence-electron chi connectivity index (χ3n) is 2.47. The molecule has 0 spiro atoms. The number of hydrogen-bond donors (Lipinski definition) is 1. The van der Waals surface area contributed by atoms with Crippen LogP contribution in [0, 0.1) is 11.3 Å². The van der Waals surface area contributed by atoms with E-state index in [1.54, 1.807) is 24.3 Å². The van der Waals surface area contributed by atoms with Gasteiger partial charge in [-0.05, 0) is 35.4 Å². The molecule has 0 aliphatic rings. The lowest BCUT2D eigenvalue weighted by Gasteiger charge is -2.06. The number of halogens is 2. The van der Waals surface area contributed by atoms with Gasteiger partial charge >= 0.3 is 0 Å². The van der Waals surface area contributed by atoms with Gasteiger partial charge in [0, 0.05) is 16.2 Å². The maximum Gasteiger partial charge on any atom is 0.256 e. The van der Waals surface area contributed by atoms with Gasteiger partial charge in [0.05, 0.1) is 18.1 Å². The minimum atomic E-state index is -0.263. The number of nitrogens with zero attached hydrogens (tertiary/aromatic N) is 1. The van der Waals surface area contributed by atoms with Crippen LogP contribution in [0.1, 0.15) is 5.56 Å². The Morgan fingerprint density at radius 1 is 1.22 bits per heavy atom. The fourth-order valence-electron chi connectivity index (χ4n) is 1.77. The molecule has 1 N–H and O–H groups in total. The maximum atomic E-state index is 11.9. The highest BCUT2D eigenvalue weighted by molar-refractivity contribution is 6.35. The molecule has 0 aliphatic heterocycles. The quantitative estimate of drug-likeness (QED) is 0.915. The van der Waals surface area contributed by atoms with Crippen molar-refractivity contribution in [3.05, 3.63) is 56.4 Å². The molecule has 0 aliphatic carbocycles. The molecule has 3 nitrogen and oxygen atoms in total. The average Bonchev–Trinajstić information content (AvgIpc) is 2.28. The van der Waals surface area contributed by atoms with E-state index in [2.05, 4.69) is 4.98 Å². The number of aromatic nitrogens is 1. The fraction of sp³-hybridized carbons (Fsp3) is 0.0769. The molecule has 5 heteroatoms. The van der Waals surface area contributed by atoms with E-state index in [4.69, 9.17) is 28.5 Å². The third-order valence-corrected chi connectivity index (χ3v) is 2.90. The van der Waals surface area contributed by atoms with Gasteiger partial charge < -0.3 is 4.98 Å². The first-order valence-corrected chi connectivity index (χ1v) is 5.91. The summed E-state index contributed by atoms with van der Waals surface area (Å²) in [5.41, 5.74) is 1.43. The summed E-state index contributed by atoms with van der Waals surface area (Å²) >= 11 is 11.8. The van der Waals surface area contributed by atoms with Crippen molar-refractivity contribution in [2.45, 2.75) is 6.42 Å². The van der Waals surface area contributed by atoms with E-state index in [9.17, 15) is 4.79 Å². The van der Waals surface area contributed by atoms with Crippen LogP contribution in [0.25, 0.3) is 11.1 Å². The Morgan fingerprint density at radius 3 is 2.50 bits per heavy atom. The lowest BCUT2D eigenvalue weighted by molar-refractivity contribution is 1.17. The van der Waals surface area contributed by atoms with Gasteiger partial charge in [-0.3, -0.25) is 4.79 Å². The van der Waals surface area contributed by atoms with Gasteiger partial charge in [0.15, 0.2) is 0 Å². The van der Waals surface area contributed by atoms with Crippen molar-refractivity contribution in [2.75, 3.05) is 0 Å². The SMILES string of the molecule is N#CCc1cc[nH]c(=O)c1-c1cc(Cl)cc(Cl)c1. The predicted octanol–water partition coefficient (Wildman–Crippen LogP) is 3.41. The molecule has 1 aromatic heterocycles. The lowest BCUT2D eigenvalue weighted by atomic mass is 10.0. The van der Waals surface area contributed by atoms with E-state index in [0.29, 0.717) is 26.7 Å². The zero-order chi connectivity index (χ0) is 13.1. The lowest BCUT2D eigenvalue weighted by Crippen LogP contribution is -2.11. The molecule has 1 heterocycles. The van der Waals surface area contributed by atoms with Crippen LogP contribution in [-0.4, -0.2) is 4.98 Å². The number of H-pyrrole nitrogens is 1. The number of rotatable bonds is 2. The second kappa shape index (κ2) is 5.26. The van der Waals surface area contributed by atoms with E-state index in [0.717, 1.165) is 0 Å². The average molecular weight is 279 g/mol. The molecular weight excluding hydrogens is 271 g/mol. The second-order valence-electron chi connectivity index (χ2n) is 3.70. The summed E-state index contributed by atoms with van der Waals surface area (Å²) in [6.07, 6.45) is 1.67. The van der Waals surface area contributed by atoms with Gasteiger partial charge in [0.1, 0.15) is 0 Å². The second-order valence-corrected chi connectivity index (χ2v) is 4.57. The Bertz CT molecular complexity index is 666. The standard InChI is InChI=1S/C13H8Cl2N2O/c14-10-5-9(6-11(15)7-10)12-8(1-3-16)2-4-17-13(12)18/h2,4-7H,1H2,(H,17,18). The Morgan fingerprint density at radius 2 is 1.89 bits per heavy atom. The molecule has 1 aromatic carbocycles. The number of pyridine rings is 1. The third kappa shape index (κ3) is 2.56. The Hall–Kier alpha value is -1.76. The number of nitriles is 1. The zero-order valence-electron chi connectivity index (χ0n) is 9.21. The van der Waals surface area contributed by atoms with Crippen LogP contribution in [0.2, 0.25) is 10.0 Å². The molecule has 0 saturated heterocycles. The van der Waals surface area contributed by atoms with Gasteiger partial charge in [-0.2, -0.15) is 5.26 Å². The van der Waals surface area contributed by atoms with Crippen LogP contribution in [0.4, 0.5) is 0 Å². The van der Waals surface area contributed by atoms with Crippen LogP contribution in [0.5, 0.6) is 0 Å². The first-order valence-electron chi connectivity index (χ1n) is 5.16. The van der Waals surface area contributed by atoms with Crippen molar-refractivity contribution in [3.63, 3.8) is 0 Å². The largest absolute Gasteiger partial charge is 0.329 e. The minimum Gasteiger partial charge on any atom is -0.329 e.